The molecule has 0 radical (unpaired) electrons. The van der Waals surface area contributed by atoms with Crippen LogP contribution < -0.4 is 5.32 Å². The Morgan fingerprint density at radius 3 is 2.72 bits per heavy atom. The van der Waals surface area contributed by atoms with Crippen LogP contribution in [-0.4, -0.2) is 31.4 Å². The fourth-order valence-electron chi connectivity index (χ4n) is 2.19. The molecule has 9 heteroatoms. The van der Waals surface area contributed by atoms with Crippen molar-refractivity contribution >= 4 is 45.7 Å². The number of nitrogens with zero attached hydrogens (tertiary/aromatic N) is 4. The van der Waals surface area contributed by atoms with E-state index in [1.807, 2.05) is 48.1 Å². The molecule has 1 amide bonds. The van der Waals surface area contributed by atoms with Crippen molar-refractivity contribution in [3.8, 4) is 11.4 Å². The molecule has 0 spiro atoms. The molecule has 2 heterocycles. The molecule has 3 aromatic rings. The van der Waals surface area contributed by atoms with Gasteiger partial charge in [0.1, 0.15) is 0 Å². The third kappa shape index (κ3) is 4.39. The van der Waals surface area contributed by atoms with Gasteiger partial charge in [-0.05, 0) is 38.1 Å². The smallest absolute Gasteiger partial charge is 0.236 e. The van der Waals surface area contributed by atoms with Gasteiger partial charge >= 0.3 is 0 Å². The third-order valence-electron chi connectivity index (χ3n) is 3.33. The van der Waals surface area contributed by atoms with Crippen molar-refractivity contribution < 1.29 is 4.79 Å². The highest BCUT2D eigenvalue weighted by atomic mass is 35.5. The molecule has 0 aliphatic rings. The van der Waals surface area contributed by atoms with Crippen molar-refractivity contribution in [2.75, 3.05) is 11.1 Å². The molecule has 2 aromatic heterocycles. The van der Waals surface area contributed by atoms with Crippen LogP contribution in [0.5, 0.6) is 0 Å². The molecular weight excluding hydrogens is 378 g/mol. The number of hydrogen-bond acceptors (Lipinski definition) is 6. The van der Waals surface area contributed by atoms with Crippen LogP contribution in [0.1, 0.15) is 12.6 Å². The van der Waals surface area contributed by atoms with E-state index in [0.29, 0.717) is 21.9 Å². The monoisotopic (exact) mass is 393 g/mol. The highest BCUT2D eigenvalue weighted by molar-refractivity contribution is 7.99. The first kappa shape index (κ1) is 17.9. The summed E-state index contributed by atoms with van der Waals surface area (Å²) in [5, 5.41) is 15.2. The normalized spacial score (nSPS) is 10.8. The second-order valence-electron chi connectivity index (χ2n) is 5.19. The Kier molecular flexibility index (Phi) is 5.72. The van der Waals surface area contributed by atoms with Gasteiger partial charge in [0.25, 0.3) is 0 Å². The Morgan fingerprint density at radius 1 is 1.32 bits per heavy atom. The van der Waals surface area contributed by atoms with Crippen LogP contribution in [0.2, 0.25) is 5.02 Å². The number of amides is 1. The van der Waals surface area contributed by atoms with Gasteiger partial charge in [-0.1, -0.05) is 23.4 Å². The largest absolute Gasteiger partial charge is 0.302 e. The summed E-state index contributed by atoms with van der Waals surface area (Å²) in [6, 6.07) is 7.46. The lowest BCUT2D eigenvalue weighted by atomic mass is 10.2. The van der Waals surface area contributed by atoms with Gasteiger partial charge in [-0.2, -0.15) is 0 Å². The molecule has 0 unspecified atom stereocenters. The fraction of sp³-hybridized carbons (Fsp3) is 0.250. The predicted octanol–water partition coefficient (Wildman–Crippen LogP) is 4.11. The number of thiazole rings is 1. The highest BCUT2D eigenvalue weighted by Gasteiger charge is 2.15. The molecule has 1 aromatic carbocycles. The summed E-state index contributed by atoms with van der Waals surface area (Å²) in [7, 11) is 0. The number of anilines is 1. The van der Waals surface area contributed by atoms with Crippen molar-refractivity contribution in [1.29, 1.82) is 0 Å². The summed E-state index contributed by atoms with van der Waals surface area (Å²) in [4.78, 5) is 16.3. The lowest BCUT2D eigenvalue weighted by Crippen LogP contribution is -2.14. The Bertz CT molecular complexity index is 875. The van der Waals surface area contributed by atoms with E-state index < -0.39 is 0 Å². The number of benzene rings is 1. The Balaban J connectivity index is 1.68. The lowest BCUT2D eigenvalue weighted by molar-refractivity contribution is -0.113. The van der Waals surface area contributed by atoms with E-state index in [0.717, 1.165) is 17.1 Å². The summed E-state index contributed by atoms with van der Waals surface area (Å²) < 4.78 is 1.98. The van der Waals surface area contributed by atoms with Gasteiger partial charge in [-0.3, -0.25) is 4.79 Å². The SMILES string of the molecule is CCn1c(SCC(=O)Nc2nc(C)cs2)nnc1-c1ccc(Cl)cc1. The quantitative estimate of drug-likeness (QED) is 0.638. The van der Waals surface area contributed by atoms with E-state index in [1.54, 1.807) is 0 Å². The van der Waals surface area contributed by atoms with Gasteiger partial charge in [0.05, 0.1) is 11.4 Å². The zero-order valence-corrected chi connectivity index (χ0v) is 16.1. The first-order valence-corrected chi connectivity index (χ1v) is 9.85. The third-order valence-corrected chi connectivity index (χ3v) is 5.43. The minimum Gasteiger partial charge on any atom is -0.302 e. The average molecular weight is 394 g/mol. The van der Waals surface area contributed by atoms with Crippen molar-refractivity contribution in [2.45, 2.75) is 25.5 Å². The van der Waals surface area contributed by atoms with Crippen LogP contribution in [0, 0.1) is 6.92 Å². The number of hydrogen-bond donors (Lipinski definition) is 1. The van der Waals surface area contributed by atoms with Gasteiger partial charge in [0.2, 0.25) is 5.91 Å². The standard InChI is InChI=1S/C16H16ClN5OS2/c1-3-22-14(11-4-6-12(17)7-5-11)20-21-16(22)25-9-13(23)19-15-18-10(2)8-24-15/h4-8H,3,9H2,1-2H3,(H,18,19,23). The maximum absolute atomic E-state index is 12.1. The Morgan fingerprint density at radius 2 is 2.08 bits per heavy atom. The van der Waals surface area contributed by atoms with Gasteiger partial charge in [0, 0.05) is 22.5 Å². The van der Waals surface area contributed by atoms with Crippen LogP contribution in [0.15, 0.2) is 34.8 Å². The van der Waals surface area contributed by atoms with Gasteiger partial charge < -0.3 is 9.88 Å². The molecule has 0 saturated carbocycles. The van der Waals surface area contributed by atoms with Crippen LogP contribution in [0.4, 0.5) is 5.13 Å². The Hall–Kier alpha value is -1.90. The minimum absolute atomic E-state index is 0.113. The molecule has 0 fully saturated rings. The topological polar surface area (TPSA) is 72.7 Å². The zero-order chi connectivity index (χ0) is 17.8. The van der Waals surface area contributed by atoms with E-state index in [2.05, 4.69) is 20.5 Å². The molecule has 0 bridgehead atoms. The molecule has 130 valence electrons. The molecule has 0 aliphatic heterocycles. The number of carbonyl (C=O) groups is 1. The van der Waals surface area contributed by atoms with Crippen molar-refractivity contribution in [2.24, 2.45) is 0 Å². The molecular formula is C16H16ClN5OS2. The van der Waals surface area contributed by atoms with Crippen molar-refractivity contribution in [3.05, 3.63) is 40.4 Å². The molecule has 1 N–H and O–H groups in total. The van der Waals surface area contributed by atoms with Crippen LogP contribution >= 0.6 is 34.7 Å². The highest BCUT2D eigenvalue weighted by Crippen LogP contribution is 2.25. The maximum atomic E-state index is 12.1. The van der Waals surface area contributed by atoms with E-state index >= 15 is 0 Å². The first-order chi connectivity index (χ1) is 12.1. The van der Waals surface area contributed by atoms with E-state index in [9.17, 15) is 4.79 Å². The number of halogens is 1. The molecule has 6 nitrogen and oxygen atoms in total. The number of aryl methyl sites for hydroxylation is 1. The van der Waals surface area contributed by atoms with Gasteiger partial charge in [-0.15, -0.1) is 21.5 Å². The van der Waals surface area contributed by atoms with Crippen molar-refractivity contribution in [3.63, 3.8) is 0 Å². The minimum atomic E-state index is -0.113. The first-order valence-electron chi connectivity index (χ1n) is 7.60. The second-order valence-corrected chi connectivity index (χ2v) is 7.43. The zero-order valence-electron chi connectivity index (χ0n) is 13.7. The molecule has 3 rings (SSSR count). The molecule has 0 saturated heterocycles. The molecule has 0 aliphatic carbocycles. The number of rotatable bonds is 6. The lowest BCUT2D eigenvalue weighted by Gasteiger charge is -2.07. The van der Waals surface area contributed by atoms with Gasteiger partial charge in [0.15, 0.2) is 16.1 Å². The molecule has 25 heavy (non-hydrogen) atoms. The number of carbonyl (C=O) groups excluding carboxylic acids is 1. The molecule has 0 atom stereocenters. The van der Waals surface area contributed by atoms with Crippen LogP contribution in [-0.2, 0) is 11.3 Å². The predicted molar refractivity (Wildman–Crippen MR) is 102 cm³/mol. The summed E-state index contributed by atoms with van der Waals surface area (Å²) in [5.41, 5.74) is 1.83. The van der Waals surface area contributed by atoms with Gasteiger partial charge in [-0.25, -0.2) is 4.98 Å². The number of nitrogens with one attached hydrogen (secondary N) is 1. The van der Waals surface area contributed by atoms with E-state index in [-0.39, 0.29) is 11.7 Å². The number of aromatic nitrogens is 4. The fourth-order valence-corrected chi connectivity index (χ4v) is 3.82. The van der Waals surface area contributed by atoms with Crippen LogP contribution in [0.3, 0.4) is 0 Å². The Labute approximate surface area is 158 Å². The van der Waals surface area contributed by atoms with E-state index in [4.69, 9.17) is 11.6 Å². The maximum Gasteiger partial charge on any atom is 0.236 e. The van der Waals surface area contributed by atoms with Crippen molar-refractivity contribution in [1.82, 2.24) is 19.7 Å². The summed E-state index contributed by atoms with van der Waals surface area (Å²) in [6.07, 6.45) is 0. The average Bonchev–Trinajstić information content (AvgIpc) is 3.19. The summed E-state index contributed by atoms with van der Waals surface area (Å²) >= 11 is 8.70. The number of thioether (sulfide) groups is 1. The van der Waals surface area contributed by atoms with E-state index in [1.165, 1.54) is 23.1 Å². The summed E-state index contributed by atoms with van der Waals surface area (Å²) in [5.74, 6) is 0.896. The second kappa shape index (κ2) is 7.99. The summed E-state index contributed by atoms with van der Waals surface area (Å²) in [6.45, 7) is 4.62. The van der Waals surface area contributed by atoms with Crippen LogP contribution in [0.25, 0.3) is 11.4 Å².